The summed E-state index contributed by atoms with van der Waals surface area (Å²) in [6.45, 7) is 4.32. The fraction of sp³-hybridized carbons (Fsp3) is 0.944. The van der Waals surface area contributed by atoms with Crippen molar-refractivity contribution in [2.24, 2.45) is 5.73 Å². The van der Waals surface area contributed by atoms with Gasteiger partial charge in [-0.3, -0.25) is 4.79 Å². The molecular formula is C18H38N2O2. The van der Waals surface area contributed by atoms with Gasteiger partial charge in [0.1, 0.15) is 6.04 Å². The SMILES string of the molecule is CCCCCCCCCCCCNCCCCC(N)C(=O)O. The van der Waals surface area contributed by atoms with E-state index in [9.17, 15) is 4.79 Å². The van der Waals surface area contributed by atoms with Crippen LogP contribution in [0.3, 0.4) is 0 Å². The Balaban J connectivity index is 3.04. The molecule has 0 spiro atoms. The molecule has 1 unspecified atom stereocenters. The van der Waals surface area contributed by atoms with Crippen LogP contribution in [0.5, 0.6) is 0 Å². The monoisotopic (exact) mass is 314 g/mol. The lowest BCUT2D eigenvalue weighted by Crippen LogP contribution is -2.30. The van der Waals surface area contributed by atoms with Crippen LogP contribution in [0.1, 0.15) is 90.4 Å². The van der Waals surface area contributed by atoms with Crippen molar-refractivity contribution in [1.29, 1.82) is 0 Å². The van der Waals surface area contributed by atoms with E-state index in [0.29, 0.717) is 6.42 Å². The van der Waals surface area contributed by atoms with E-state index >= 15 is 0 Å². The van der Waals surface area contributed by atoms with E-state index in [-0.39, 0.29) is 0 Å². The summed E-state index contributed by atoms with van der Waals surface area (Å²) >= 11 is 0. The molecule has 4 N–H and O–H groups in total. The third-order valence-corrected chi connectivity index (χ3v) is 4.14. The summed E-state index contributed by atoms with van der Waals surface area (Å²) in [5.41, 5.74) is 5.45. The van der Waals surface area contributed by atoms with Gasteiger partial charge in [0.2, 0.25) is 0 Å². The Morgan fingerprint density at radius 1 is 0.864 bits per heavy atom. The van der Waals surface area contributed by atoms with Gasteiger partial charge in [-0.05, 0) is 32.4 Å². The van der Waals surface area contributed by atoms with Gasteiger partial charge in [0, 0.05) is 0 Å². The maximum absolute atomic E-state index is 10.5. The normalized spacial score (nSPS) is 12.5. The molecule has 0 bridgehead atoms. The fourth-order valence-corrected chi connectivity index (χ4v) is 2.60. The van der Waals surface area contributed by atoms with Crippen molar-refractivity contribution < 1.29 is 9.90 Å². The van der Waals surface area contributed by atoms with Gasteiger partial charge in [0.15, 0.2) is 0 Å². The van der Waals surface area contributed by atoms with Crippen LogP contribution in [-0.4, -0.2) is 30.2 Å². The molecule has 0 aliphatic carbocycles. The van der Waals surface area contributed by atoms with Crippen molar-refractivity contribution in [3.8, 4) is 0 Å². The topological polar surface area (TPSA) is 75.3 Å². The largest absolute Gasteiger partial charge is 0.480 e. The molecule has 4 nitrogen and oxygen atoms in total. The van der Waals surface area contributed by atoms with Gasteiger partial charge in [0.25, 0.3) is 0 Å². The molecule has 0 aliphatic heterocycles. The lowest BCUT2D eigenvalue weighted by atomic mass is 10.1. The second-order valence-electron chi connectivity index (χ2n) is 6.37. The van der Waals surface area contributed by atoms with Crippen molar-refractivity contribution in [2.45, 2.75) is 96.4 Å². The molecule has 0 amide bonds. The Morgan fingerprint density at radius 3 is 1.82 bits per heavy atom. The number of rotatable bonds is 17. The number of carboxylic acid groups (broad SMARTS) is 1. The summed E-state index contributed by atoms with van der Waals surface area (Å²) in [5.74, 6) is -0.890. The summed E-state index contributed by atoms with van der Waals surface area (Å²) in [7, 11) is 0. The molecule has 0 aliphatic rings. The molecule has 0 heterocycles. The Hall–Kier alpha value is -0.610. The molecule has 0 radical (unpaired) electrons. The number of nitrogens with two attached hydrogens (primary N) is 1. The van der Waals surface area contributed by atoms with E-state index in [1.165, 1.54) is 64.2 Å². The highest BCUT2D eigenvalue weighted by Gasteiger charge is 2.09. The van der Waals surface area contributed by atoms with E-state index in [1.807, 2.05) is 0 Å². The van der Waals surface area contributed by atoms with Gasteiger partial charge in [-0.1, -0.05) is 71.1 Å². The van der Waals surface area contributed by atoms with Gasteiger partial charge in [-0.25, -0.2) is 0 Å². The quantitative estimate of drug-likeness (QED) is 0.354. The highest BCUT2D eigenvalue weighted by atomic mass is 16.4. The number of carbonyl (C=O) groups is 1. The molecule has 0 aromatic carbocycles. The van der Waals surface area contributed by atoms with Gasteiger partial charge in [0.05, 0.1) is 0 Å². The lowest BCUT2D eigenvalue weighted by molar-refractivity contribution is -0.138. The summed E-state index contributed by atoms with van der Waals surface area (Å²) in [4.78, 5) is 10.5. The Kier molecular flexibility index (Phi) is 16.3. The molecule has 0 fully saturated rings. The summed E-state index contributed by atoms with van der Waals surface area (Å²) in [6, 6.07) is -0.693. The van der Waals surface area contributed by atoms with Gasteiger partial charge in [-0.15, -0.1) is 0 Å². The van der Waals surface area contributed by atoms with Crippen LogP contribution < -0.4 is 11.1 Å². The van der Waals surface area contributed by atoms with Crippen molar-refractivity contribution in [3.63, 3.8) is 0 Å². The Morgan fingerprint density at radius 2 is 1.32 bits per heavy atom. The molecular weight excluding hydrogens is 276 g/mol. The highest BCUT2D eigenvalue weighted by molar-refractivity contribution is 5.72. The molecule has 1 atom stereocenters. The molecule has 0 saturated heterocycles. The summed E-state index contributed by atoms with van der Waals surface area (Å²) in [6.07, 6.45) is 16.2. The van der Waals surface area contributed by atoms with Crippen LogP contribution in [0, 0.1) is 0 Å². The van der Waals surface area contributed by atoms with Crippen LogP contribution in [0.15, 0.2) is 0 Å². The summed E-state index contributed by atoms with van der Waals surface area (Å²) in [5, 5.41) is 12.1. The molecule has 22 heavy (non-hydrogen) atoms. The van der Waals surface area contributed by atoms with Crippen LogP contribution in [0.25, 0.3) is 0 Å². The van der Waals surface area contributed by atoms with Gasteiger partial charge >= 0.3 is 5.97 Å². The van der Waals surface area contributed by atoms with E-state index in [4.69, 9.17) is 10.8 Å². The Bertz CT molecular complexity index is 247. The molecule has 0 saturated carbocycles. The molecule has 0 aromatic heterocycles. The number of aliphatic carboxylic acids is 1. The molecule has 0 aromatic rings. The van der Waals surface area contributed by atoms with Crippen molar-refractivity contribution in [3.05, 3.63) is 0 Å². The third-order valence-electron chi connectivity index (χ3n) is 4.14. The first-order chi connectivity index (χ1) is 10.7. The first-order valence-electron chi connectivity index (χ1n) is 9.37. The number of nitrogens with one attached hydrogen (secondary N) is 1. The minimum atomic E-state index is -0.890. The zero-order valence-corrected chi connectivity index (χ0v) is 14.6. The second kappa shape index (κ2) is 16.8. The van der Waals surface area contributed by atoms with Crippen molar-refractivity contribution >= 4 is 5.97 Å². The zero-order chi connectivity index (χ0) is 16.5. The van der Waals surface area contributed by atoms with Gasteiger partial charge < -0.3 is 16.2 Å². The average Bonchev–Trinajstić information content (AvgIpc) is 2.50. The van der Waals surface area contributed by atoms with Gasteiger partial charge in [-0.2, -0.15) is 0 Å². The second-order valence-corrected chi connectivity index (χ2v) is 6.37. The number of unbranched alkanes of at least 4 members (excludes halogenated alkanes) is 10. The van der Waals surface area contributed by atoms with Crippen LogP contribution in [-0.2, 0) is 4.79 Å². The van der Waals surface area contributed by atoms with E-state index in [1.54, 1.807) is 0 Å². The highest BCUT2D eigenvalue weighted by Crippen LogP contribution is 2.10. The lowest BCUT2D eigenvalue weighted by Gasteiger charge is -2.07. The number of carboxylic acids is 1. The van der Waals surface area contributed by atoms with E-state index in [2.05, 4.69) is 12.2 Å². The Labute approximate surface area is 137 Å². The molecule has 132 valence electrons. The fourth-order valence-electron chi connectivity index (χ4n) is 2.60. The maximum atomic E-state index is 10.5. The standard InChI is InChI=1S/C18H38N2O2/c1-2-3-4-5-6-7-8-9-10-12-15-20-16-13-11-14-17(19)18(21)22/h17,20H,2-16,19H2,1H3,(H,21,22). The van der Waals surface area contributed by atoms with Crippen LogP contribution in [0.2, 0.25) is 0 Å². The average molecular weight is 315 g/mol. The summed E-state index contributed by atoms with van der Waals surface area (Å²) < 4.78 is 0. The van der Waals surface area contributed by atoms with E-state index in [0.717, 1.165) is 25.9 Å². The van der Waals surface area contributed by atoms with Crippen LogP contribution in [0.4, 0.5) is 0 Å². The predicted molar refractivity (Wildman–Crippen MR) is 94.2 cm³/mol. The minimum Gasteiger partial charge on any atom is -0.480 e. The first kappa shape index (κ1) is 21.4. The number of hydrogen-bond donors (Lipinski definition) is 3. The third kappa shape index (κ3) is 15.8. The molecule has 4 heteroatoms. The zero-order valence-electron chi connectivity index (χ0n) is 14.6. The van der Waals surface area contributed by atoms with Crippen LogP contribution >= 0.6 is 0 Å². The molecule has 0 rings (SSSR count). The smallest absolute Gasteiger partial charge is 0.320 e. The van der Waals surface area contributed by atoms with Crippen molar-refractivity contribution in [1.82, 2.24) is 5.32 Å². The van der Waals surface area contributed by atoms with Crippen molar-refractivity contribution in [2.75, 3.05) is 13.1 Å². The first-order valence-corrected chi connectivity index (χ1v) is 9.37. The minimum absolute atomic E-state index is 0.579. The maximum Gasteiger partial charge on any atom is 0.320 e. The van der Waals surface area contributed by atoms with E-state index < -0.39 is 12.0 Å². The predicted octanol–water partition coefficient (Wildman–Crippen LogP) is 4.08. The number of hydrogen-bond acceptors (Lipinski definition) is 3.